The summed E-state index contributed by atoms with van der Waals surface area (Å²) in [5.74, 6) is -0.543. The maximum Gasteiger partial charge on any atom is 0.313 e. The van der Waals surface area contributed by atoms with Crippen LogP contribution in [0.1, 0.15) is 0 Å². The van der Waals surface area contributed by atoms with Crippen molar-refractivity contribution in [1.82, 2.24) is 4.98 Å². The molecule has 2 aromatic rings. The van der Waals surface area contributed by atoms with Gasteiger partial charge < -0.3 is 4.74 Å². The first kappa shape index (κ1) is 14.9. The first-order valence-corrected chi connectivity index (χ1v) is 6.07. The Balaban J connectivity index is 2.48. The second kappa shape index (κ2) is 5.90. The van der Waals surface area contributed by atoms with Crippen LogP contribution in [-0.2, 0) is 0 Å². The molecule has 1 aromatic heterocycles. The summed E-state index contributed by atoms with van der Waals surface area (Å²) in [7, 11) is 0. The highest BCUT2D eigenvalue weighted by atomic mass is 35.5. The Bertz CT molecular complexity index is 738. The number of aromatic nitrogens is 1. The van der Waals surface area contributed by atoms with Gasteiger partial charge in [-0.2, -0.15) is 0 Å². The minimum atomic E-state index is -0.694. The fourth-order valence-electron chi connectivity index (χ4n) is 1.46. The number of nitro groups is 2. The normalized spacial score (nSPS) is 10.2. The Hall–Kier alpha value is -2.45. The summed E-state index contributed by atoms with van der Waals surface area (Å²) < 4.78 is 5.20. The molecule has 0 atom stereocenters. The summed E-state index contributed by atoms with van der Waals surface area (Å²) in [6.45, 7) is 0. The van der Waals surface area contributed by atoms with Crippen molar-refractivity contribution in [3.63, 3.8) is 0 Å². The summed E-state index contributed by atoms with van der Waals surface area (Å²) in [6, 6.07) is 5.94. The van der Waals surface area contributed by atoms with E-state index >= 15 is 0 Å². The molecule has 0 saturated carbocycles. The summed E-state index contributed by atoms with van der Waals surface area (Å²) >= 11 is 11.5. The molecule has 21 heavy (non-hydrogen) atoms. The van der Waals surface area contributed by atoms with E-state index in [2.05, 4.69) is 4.98 Å². The highest BCUT2D eigenvalue weighted by Gasteiger charge is 2.21. The van der Waals surface area contributed by atoms with Crippen LogP contribution >= 0.6 is 23.2 Å². The second-order valence-electron chi connectivity index (χ2n) is 3.69. The zero-order valence-corrected chi connectivity index (χ0v) is 11.5. The van der Waals surface area contributed by atoms with Crippen molar-refractivity contribution >= 4 is 34.6 Å². The smallest absolute Gasteiger partial charge is 0.313 e. The van der Waals surface area contributed by atoms with Crippen LogP contribution in [0, 0.1) is 20.2 Å². The predicted octanol–water partition coefficient (Wildman–Crippen LogP) is 4.00. The zero-order chi connectivity index (χ0) is 15.6. The molecule has 1 heterocycles. The molecular weight excluding hydrogens is 325 g/mol. The number of rotatable bonds is 4. The van der Waals surface area contributed by atoms with Crippen molar-refractivity contribution in [3.8, 4) is 11.6 Å². The van der Waals surface area contributed by atoms with Gasteiger partial charge in [0.1, 0.15) is 5.15 Å². The van der Waals surface area contributed by atoms with Crippen molar-refractivity contribution in [2.45, 2.75) is 0 Å². The quantitative estimate of drug-likeness (QED) is 0.476. The minimum absolute atomic E-state index is 0.0337. The van der Waals surface area contributed by atoms with Gasteiger partial charge in [-0.25, -0.2) is 4.98 Å². The SMILES string of the molecule is O=[N+]([O-])c1cc(Cl)nc(Oc2c(Cl)cccc2[N+](=O)[O-])c1. The van der Waals surface area contributed by atoms with Crippen molar-refractivity contribution in [1.29, 1.82) is 0 Å². The molecule has 0 aliphatic heterocycles. The molecule has 0 fully saturated rings. The molecule has 0 aliphatic rings. The number of nitro benzene ring substituents is 1. The topological polar surface area (TPSA) is 108 Å². The molecule has 0 radical (unpaired) electrons. The van der Waals surface area contributed by atoms with Crippen molar-refractivity contribution in [2.75, 3.05) is 0 Å². The molecule has 0 bridgehead atoms. The number of hydrogen-bond acceptors (Lipinski definition) is 6. The van der Waals surface area contributed by atoms with Crippen LogP contribution in [0.2, 0.25) is 10.2 Å². The van der Waals surface area contributed by atoms with Crippen LogP contribution < -0.4 is 4.74 Å². The van der Waals surface area contributed by atoms with Gasteiger partial charge in [0.15, 0.2) is 0 Å². The Morgan fingerprint density at radius 2 is 1.81 bits per heavy atom. The number of pyridine rings is 1. The van der Waals surface area contributed by atoms with Crippen molar-refractivity contribution in [3.05, 3.63) is 60.7 Å². The average Bonchev–Trinajstić information content (AvgIpc) is 2.40. The number of benzene rings is 1. The van der Waals surface area contributed by atoms with Crippen LogP contribution in [0.15, 0.2) is 30.3 Å². The van der Waals surface area contributed by atoms with Gasteiger partial charge >= 0.3 is 5.69 Å². The lowest BCUT2D eigenvalue weighted by atomic mass is 10.3. The third-order valence-electron chi connectivity index (χ3n) is 2.32. The summed E-state index contributed by atoms with van der Waals surface area (Å²) in [5.41, 5.74) is -0.758. The van der Waals surface area contributed by atoms with E-state index in [9.17, 15) is 20.2 Å². The molecule has 10 heteroatoms. The standard InChI is InChI=1S/C11H5Cl2N3O5/c12-7-2-1-3-8(16(19)20)11(7)21-10-5-6(15(17)18)4-9(13)14-10/h1-5H. The van der Waals surface area contributed by atoms with Gasteiger partial charge in [-0.3, -0.25) is 20.2 Å². The predicted molar refractivity (Wildman–Crippen MR) is 74.1 cm³/mol. The molecule has 0 aliphatic carbocycles. The first-order valence-electron chi connectivity index (χ1n) is 5.31. The number of ether oxygens (including phenoxy) is 1. The van der Waals surface area contributed by atoms with E-state index in [1.807, 2.05) is 0 Å². The zero-order valence-electron chi connectivity index (χ0n) is 10.0. The molecular formula is C11H5Cl2N3O5. The Kier molecular flexibility index (Phi) is 4.20. The highest BCUT2D eigenvalue weighted by molar-refractivity contribution is 6.32. The van der Waals surface area contributed by atoms with Crippen molar-refractivity contribution < 1.29 is 14.6 Å². The molecule has 0 N–H and O–H groups in total. The second-order valence-corrected chi connectivity index (χ2v) is 4.49. The molecule has 8 nitrogen and oxygen atoms in total. The van der Waals surface area contributed by atoms with Crippen LogP contribution in [0.5, 0.6) is 11.6 Å². The van der Waals surface area contributed by atoms with Gasteiger partial charge in [-0.1, -0.05) is 29.3 Å². The third-order valence-corrected chi connectivity index (χ3v) is 2.81. The molecule has 108 valence electrons. The van der Waals surface area contributed by atoms with Gasteiger partial charge in [0.05, 0.1) is 27.0 Å². The monoisotopic (exact) mass is 329 g/mol. The van der Waals surface area contributed by atoms with Crippen LogP contribution in [0.25, 0.3) is 0 Å². The number of hydrogen-bond donors (Lipinski definition) is 0. The van der Waals surface area contributed by atoms with Gasteiger partial charge in [0.2, 0.25) is 11.6 Å². The molecule has 2 rings (SSSR count). The summed E-state index contributed by atoms with van der Waals surface area (Å²) in [4.78, 5) is 24.0. The Labute approximate surface area is 127 Å². The summed E-state index contributed by atoms with van der Waals surface area (Å²) in [6.07, 6.45) is 0. The van der Waals surface area contributed by atoms with E-state index in [0.717, 1.165) is 12.1 Å². The van der Waals surface area contributed by atoms with E-state index in [0.29, 0.717) is 0 Å². The van der Waals surface area contributed by atoms with Gasteiger partial charge in [0.25, 0.3) is 5.69 Å². The number of halogens is 2. The van der Waals surface area contributed by atoms with Crippen LogP contribution in [-0.4, -0.2) is 14.8 Å². The molecule has 0 saturated heterocycles. The maximum atomic E-state index is 10.9. The van der Waals surface area contributed by atoms with E-state index in [4.69, 9.17) is 27.9 Å². The van der Waals surface area contributed by atoms with Gasteiger partial charge in [-0.15, -0.1) is 0 Å². The number of nitrogens with zero attached hydrogens (tertiary/aromatic N) is 3. The fraction of sp³-hybridized carbons (Fsp3) is 0. The van der Waals surface area contributed by atoms with Gasteiger partial charge in [-0.05, 0) is 6.07 Å². The van der Waals surface area contributed by atoms with E-state index in [1.54, 1.807) is 0 Å². The van der Waals surface area contributed by atoms with Crippen LogP contribution in [0.4, 0.5) is 11.4 Å². The largest absolute Gasteiger partial charge is 0.430 e. The summed E-state index contributed by atoms with van der Waals surface area (Å²) in [5, 5.41) is 21.4. The lowest BCUT2D eigenvalue weighted by Gasteiger charge is -2.07. The molecule has 0 spiro atoms. The highest BCUT2D eigenvalue weighted by Crippen LogP contribution is 2.38. The lowest BCUT2D eigenvalue weighted by molar-refractivity contribution is -0.386. The molecule has 1 aromatic carbocycles. The Morgan fingerprint density at radius 1 is 1.10 bits per heavy atom. The van der Waals surface area contributed by atoms with E-state index < -0.39 is 15.5 Å². The maximum absolute atomic E-state index is 10.9. The van der Waals surface area contributed by atoms with Crippen LogP contribution in [0.3, 0.4) is 0 Å². The Morgan fingerprint density at radius 3 is 2.43 bits per heavy atom. The van der Waals surface area contributed by atoms with E-state index in [1.165, 1.54) is 18.2 Å². The first-order chi connectivity index (χ1) is 9.88. The van der Waals surface area contributed by atoms with E-state index in [-0.39, 0.29) is 27.5 Å². The third kappa shape index (κ3) is 3.36. The molecule has 0 amide bonds. The van der Waals surface area contributed by atoms with Crippen molar-refractivity contribution in [2.24, 2.45) is 0 Å². The fourth-order valence-corrected chi connectivity index (χ4v) is 1.87. The lowest BCUT2D eigenvalue weighted by Crippen LogP contribution is -1.97. The van der Waals surface area contributed by atoms with Gasteiger partial charge in [0, 0.05) is 6.07 Å². The number of para-hydroxylation sites is 1. The minimum Gasteiger partial charge on any atom is -0.430 e. The average molecular weight is 330 g/mol. The molecule has 0 unspecified atom stereocenters.